The van der Waals surface area contributed by atoms with Crippen LogP contribution < -0.4 is 4.74 Å². The van der Waals surface area contributed by atoms with Crippen molar-refractivity contribution in [3.63, 3.8) is 0 Å². The minimum Gasteiger partial charge on any atom is -0.494 e. The molecule has 5 nitrogen and oxygen atoms in total. The minimum absolute atomic E-state index is 0.117. The molecule has 1 aliphatic rings. The average Bonchev–Trinajstić information content (AvgIpc) is 2.74. The van der Waals surface area contributed by atoms with Crippen LogP contribution in [0.25, 0.3) is 0 Å². The number of piperazine rings is 1. The lowest BCUT2D eigenvalue weighted by atomic mass is 10.1. The van der Waals surface area contributed by atoms with Crippen LogP contribution in [0.5, 0.6) is 5.75 Å². The lowest BCUT2D eigenvalue weighted by molar-refractivity contribution is -0.133. The second-order valence-electron chi connectivity index (χ2n) is 6.77. The molecule has 1 amide bonds. The van der Waals surface area contributed by atoms with E-state index in [0.29, 0.717) is 45.6 Å². The van der Waals surface area contributed by atoms with E-state index in [1.165, 1.54) is 12.1 Å². The predicted molar refractivity (Wildman–Crippen MR) is 104 cm³/mol. The quantitative estimate of drug-likeness (QED) is 0.690. The molecule has 6 heteroatoms. The van der Waals surface area contributed by atoms with Gasteiger partial charge in [-0.1, -0.05) is 30.3 Å². The molecular formula is C22H24FN3O2. The van der Waals surface area contributed by atoms with Crippen LogP contribution in [-0.4, -0.2) is 48.5 Å². The second kappa shape index (κ2) is 9.86. The largest absolute Gasteiger partial charge is 0.494 e. The van der Waals surface area contributed by atoms with Crippen molar-refractivity contribution in [3.8, 4) is 11.8 Å². The first kappa shape index (κ1) is 19.8. The Bertz CT molecular complexity index is 797. The molecule has 1 unspecified atom stereocenters. The van der Waals surface area contributed by atoms with Gasteiger partial charge in [0.15, 0.2) is 0 Å². The highest BCUT2D eigenvalue weighted by molar-refractivity contribution is 5.76. The monoisotopic (exact) mass is 381 g/mol. The van der Waals surface area contributed by atoms with E-state index in [1.807, 2.05) is 40.1 Å². The third kappa shape index (κ3) is 5.30. The lowest BCUT2D eigenvalue weighted by Gasteiger charge is -2.37. The van der Waals surface area contributed by atoms with Gasteiger partial charge in [0, 0.05) is 32.6 Å². The Morgan fingerprint density at radius 2 is 1.75 bits per heavy atom. The van der Waals surface area contributed by atoms with Gasteiger partial charge in [0.25, 0.3) is 0 Å². The third-order valence-corrected chi connectivity index (χ3v) is 4.89. The van der Waals surface area contributed by atoms with E-state index in [1.54, 1.807) is 12.1 Å². The lowest BCUT2D eigenvalue weighted by Crippen LogP contribution is -2.49. The van der Waals surface area contributed by atoms with Crippen molar-refractivity contribution in [2.24, 2.45) is 0 Å². The van der Waals surface area contributed by atoms with Gasteiger partial charge in [-0.25, -0.2) is 4.39 Å². The summed E-state index contributed by atoms with van der Waals surface area (Å²) in [4.78, 5) is 16.3. The van der Waals surface area contributed by atoms with Gasteiger partial charge < -0.3 is 9.64 Å². The van der Waals surface area contributed by atoms with Crippen molar-refractivity contribution in [1.82, 2.24) is 9.80 Å². The summed E-state index contributed by atoms with van der Waals surface area (Å²) in [5.41, 5.74) is 0.779. The Hall–Kier alpha value is -2.91. The van der Waals surface area contributed by atoms with Gasteiger partial charge in [-0.05, 0) is 36.2 Å². The fourth-order valence-electron chi connectivity index (χ4n) is 3.33. The Balaban J connectivity index is 1.42. The molecular weight excluding hydrogens is 357 g/mol. The number of amides is 1. The summed E-state index contributed by atoms with van der Waals surface area (Å²) in [7, 11) is 0. The van der Waals surface area contributed by atoms with Crippen LogP contribution in [0, 0.1) is 17.1 Å². The van der Waals surface area contributed by atoms with Crippen molar-refractivity contribution in [1.29, 1.82) is 5.26 Å². The molecule has 2 aromatic carbocycles. The van der Waals surface area contributed by atoms with E-state index >= 15 is 0 Å². The molecule has 146 valence electrons. The van der Waals surface area contributed by atoms with Gasteiger partial charge in [0.05, 0.1) is 12.7 Å². The molecule has 1 fully saturated rings. The van der Waals surface area contributed by atoms with Crippen LogP contribution in [0.3, 0.4) is 0 Å². The molecule has 1 aliphatic heterocycles. The van der Waals surface area contributed by atoms with Gasteiger partial charge in [0.2, 0.25) is 5.91 Å². The summed E-state index contributed by atoms with van der Waals surface area (Å²) < 4.78 is 18.7. The van der Waals surface area contributed by atoms with Crippen molar-refractivity contribution >= 4 is 5.91 Å². The molecule has 0 aromatic heterocycles. The normalized spacial score (nSPS) is 15.6. The molecule has 0 spiro atoms. The summed E-state index contributed by atoms with van der Waals surface area (Å²) in [6, 6.07) is 17.5. The van der Waals surface area contributed by atoms with Crippen LogP contribution in [0.1, 0.15) is 24.4 Å². The molecule has 28 heavy (non-hydrogen) atoms. The van der Waals surface area contributed by atoms with E-state index in [0.717, 1.165) is 11.3 Å². The zero-order chi connectivity index (χ0) is 19.8. The van der Waals surface area contributed by atoms with Crippen molar-refractivity contribution in [2.75, 3.05) is 32.8 Å². The molecule has 0 radical (unpaired) electrons. The Morgan fingerprint density at radius 1 is 1.07 bits per heavy atom. The van der Waals surface area contributed by atoms with Crippen LogP contribution in [0.15, 0.2) is 54.6 Å². The topological polar surface area (TPSA) is 56.6 Å². The smallest absolute Gasteiger partial charge is 0.222 e. The standard InChI is InChI=1S/C22H24FN3O2/c23-19-10-8-18(9-11-19)21(17-24)25-12-14-26(15-13-25)22(27)7-4-16-28-20-5-2-1-3-6-20/h1-3,5-6,8-11,21H,4,7,12-16H2. The Kier molecular flexibility index (Phi) is 6.99. The van der Waals surface area contributed by atoms with Gasteiger partial charge >= 0.3 is 0 Å². The Morgan fingerprint density at radius 3 is 2.39 bits per heavy atom. The number of hydrogen-bond acceptors (Lipinski definition) is 4. The molecule has 1 saturated heterocycles. The van der Waals surface area contributed by atoms with Crippen molar-refractivity contribution < 1.29 is 13.9 Å². The van der Waals surface area contributed by atoms with E-state index in [-0.39, 0.29) is 11.7 Å². The molecule has 0 aliphatic carbocycles. The number of benzene rings is 2. The minimum atomic E-state index is -0.419. The summed E-state index contributed by atoms with van der Waals surface area (Å²) in [5, 5.41) is 9.53. The SMILES string of the molecule is N#CC(c1ccc(F)cc1)N1CCN(C(=O)CCCOc2ccccc2)CC1. The van der Waals surface area contributed by atoms with Crippen LogP contribution in [-0.2, 0) is 4.79 Å². The second-order valence-corrected chi connectivity index (χ2v) is 6.77. The number of carbonyl (C=O) groups excluding carboxylic acids is 1. The van der Waals surface area contributed by atoms with Gasteiger partial charge in [-0.3, -0.25) is 9.69 Å². The third-order valence-electron chi connectivity index (χ3n) is 4.89. The summed E-state index contributed by atoms with van der Waals surface area (Å²) in [6.45, 7) is 2.95. The summed E-state index contributed by atoms with van der Waals surface area (Å²) in [6.07, 6.45) is 1.12. The number of nitrogens with zero attached hydrogens (tertiary/aromatic N) is 3. The molecule has 1 atom stereocenters. The highest BCUT2D eigenvalue weighted by Crippen LogP contribution is 2.22. The zero-order valence-corrected chi connectivity index (χ0v) is 15.8. The fourth-order valence-corrected chi connectivity index (χ4v) is 3.33. The van der Waals surface area contributed by atoms with Crippen LogP contribution >= 0.6 is 0 Å². The highest BCUT2D eigenvalue weighted by Gasteiger charge is 2.26. The number of nitriles is 1. The number of halogens is 1. The molecule has 1 heterocycles. The highest BCUT2D eigenvalue weighted by atomic mass is 19.1. The summed E-state index contributed by atoms with van der Waals surface area (Å²) in [5.74, 6) is 0.616. The Labute approximate surface area is 164 Å². The van der Waals surface area contributed by atoms with Gasteiger partial charge in [0.1, 0.15) is 17.6 Å². The van der Waals surface area contributed by atoms with E-state index < -0.39 is 6.04 Å². The predicted octanol–water partition coefficient (Wildman–Crippen LogP) is 3.39. The number of rotatable bonds is 7. The van der Waals surface area contributed by atoms with Crippen molar-refractivity contribution in [2.45, 2.75) is 18.9 Å². The first-order valence-electron chi connectivity index (χ1n) is 9.52. The zero-order valence-electron chi connectivity index (χ0n) is 15.8. The molecule has 3 rings (SSSR count). The van der Waals surface area contributed by atoms with Crippen molar-refractivity contribution in [3.05, 3.63) is 66.0 Å². The number of carbonyl (C=O) groups is 1. The molecule has 2 aromatic rings. The molecule has 0 N–H and O–H groups in total. The maximum atomic E-state index is 13.1. The van der Waals surface area contributed by atoms with Gasteiger partial charge in [-0.15, -0.1) is 0 Å². The maximum absolute atomic E-state index is 13.1. The summed E-state index contributed by atoms with van der Waals surface area (Å²) >= 11 is 0. The number of ether oxygens (including phenoxy) is 1. The maximum Gasteiger partial charge on any atom is 0.222 e. The van der Waals surface area contributed by atoms with Crippen LogP contribution in [0.2, 0.25) is 0 Å². The van der Waals surface area contributed by atoms with E-state index in [2.05, 4.69) is 6.07 Å². The fraction of sp³-hybridized carbons (Fsp3) is 0.364. The average molecular weight is 381 g/mol. The van der Waals surface area contributed by atoms with Gasteiger partial charge in [-0.2, -0.15) is 5.26 Å². The first-order chi connectivity index (χ1) is 13.7. The number of hydrogen-bond donors (Lipinski definition) is 0. The van der Waals surface area contributed by atoms with E-state index in [4.69, 9.17) is 4.74 Å². The van der Waals surface area contributed by atoms with Crippen LogP contribution in [0.4, 0.5) is 4.39 Å². The molecule has 0 saturated carbocycles. The molecule has 0 bridgehead atoms. The number of para-hydroxylation sites is 1. The first-order valence-corrected chi connectivity index (χ1v) is 9.52. The van der Waals surface area contributed by atoms with E-state index in [9.17, 15) is 14.4 Å².